The molecule has 12 heteroatoms. The van der Waals surface area contributed by atoms with Gasteiger partial charge in [0.05, 0.1) is 13.2 Å². The van der Waals surface area contributed by atoms with Crippen molar-refractivity contribution in [3.8, 4) is 0 Å². The van der Waals surface area contributed by atoms with E-state index in [2.05, 4.69) is 0 Å². The van der Waals surface area contributed by atoms with Gasteiger partial charge in [-0.1, -0.05) is 35.3 Å². The summed E-state index contributed by atoms with van der Waals surface area (Å²) in [5.41, 5.74) is -1.16. The molecule has 0 saturated heterocycles. The van der Waals surface area contributed by atoms with E-state index in [0.717, 1.165) is 35.3 Å². The van der Waals surface area contributed by atoms with Crippen molar-refractivity contribution in [3.63, 3.8) is 0 Å². The quantitative estimate of drug-likeness (QED) is 0.334. The van der Waals surface area contributed by atoms with Crippen LogP contribution in [0.25, 0.3) is 0 Å². The van der Waals surface area contributed by atoms with Crippen LogP contribution in [0.4, 0.5) is 4.79 Å². The van der Waals surface area contributed by atoms with E-state index in [4.69, 9.17) is 13.8 Å². The molecule has 0 aromatic carbocycles. The standard InChI is InChI=1S/C13H21O8PS3/c1-10(14)23-7-4-19-13(17)22(18,20-5-8-24-11(2)15)21-6-9-25-12(3)16/h4-9H2,1-3H3. The van der Waals surface area contributed by atoms with Crippen LogP contribution >= 0.6 is 42.9 Å². The molecule has 0 saturated carbocycles. The number of hydrogen-bond acceptors (Lipinski definition) is 11. The lowest BCUT2D eigenvalue weighted by Gasteiger charge is -2.16. The molecule has 25 heavy (non-hydrogen) atoms. The molecule has 0 bridgehead atoms. The normalized spacial score (nSPS) is 11.2. The first-order valence-corrected chi connectivity index (χ1v) is 11.6. The average Bonchev–Trinajstić information content (AvgIpc) is 2.51. The summed E-state index contributed by atoms with van der Waals surface area (Å²) < 4.78 is 27.5. The van der Waals surface area contributed by atoms with Gasteiger partial charge in [-0.25, -0.2) is 9.36 Å². The molecular formula is C13H21O8PS3. The molecule has 0 heterocycles. The molecule has 0 amide bonds. The predicted molar refractivity (Wildman–Crippen MR) is 100 cm³/mol. The van der Waals surface area contributed by atoms with Gasteiger partial charge in [-0.05, 0) is 0 Å². The molecule has 8 nitrogen and oxygen atoms in total. The van der Waals surface area contributed by atoms with Gasteiger partial charge in [0.1, 0.15) is 6.61 Å². The van der Waals surface area contributed by atoms with E-state index in [1.165, 1.54) is 20.8 Å². The Morgan fingerprint density at radius 1 is 0.720 bits per heavy atom. The van der Waals surface area contributed by atoms with Gasteiger partial charge >= 0.3 is 13.3 Å². The molecule has 0 aliphatic carbocycles. The van der Waals surface area contributed by atoms with Crippen molar-refractivity contribution in [2.24, 2.45) is 0 Å². The Morgan fingerprint density at radius 2 is 1.08 bits per heavy atom. The van der Waals surface area contributed by atoms with E-state index in [-0.39, 0.29) is 52.4 Å². The van der Waals surface area contributed by atoms with Crippen LogP contribution in [0.15, 0.2) is 0 Å². The van der Waals surface area contributed by atoms with Gasteiger partial charge in [0.15, 0.2) is 15.3 Å². The highest BCUT2D eigenvalue weighted by atomic mass is 32.2. The molecule has 0 radical (unpaired) electrons. The van der Waals surface area contributed by atoms with Crippen molar-refractivity contribution in [2.45, 2.75) is 20.8 Å². The predicted octanol–water partition coefficient (Wildman–Crippen LogP) is 3.19. The van der Waals surface area contributed by atoms with E-state index in [0.29, 0.717) is 0 Å². The molecular weight excluding hydrogens is 411 g/mol. The van der Waals surface area contributed by atoms with E-state index in [9.17, 15) is 23.7 Å². The molecule has 0 N–H and O–H groups in total. The van der Waals surface area contributed by atoms with Gasteiger partial charge in [-0.2, -0.15) is 0 Å². The topological polar surface area (TPSA) is 113 Å². The van der Waals surface area contributed by atoms with Gasteiger partial charge in [0.2, 0.25) is 0 Å². The van der Waals surface area contributed by atoms with Crippen molar-refractivity contribution in [2.75, 3.05) is 37.1 Å². The van der Waals surface area contributed by atoms with Crippen LogP contribution in [0.3, 0.4) is 0 Å². The highest BCUT2D eigenvalue weighted by molar-refractivity contribution is 8.14. The Labute approximate surface area is 159 Å². The second-order valence-electron chi connectivity index (χ2n) is 4.30. The van der Waals surface area contributed by atoms with E-state index in [1.54, 1.807) is 0 Å². The second-order valence-corrected chi connectivity index (χ2v) is 9.99. The minimum atomic E-state index is -4.20. The van der Waals surface area contributed by atoms with Crippen molar-refractivity contribution in [1.29, 1.82) is 0 Å². The van der Waals surface area contributed by atoms with E-state index in [1.807, 2.05) is 0 Å². The van der Waals surface area contributed by atoms with Crippen LogP contribution in [0.2, 0.25) is 0 Å². The van der Waals surface area contributed by atoms with Crippen molar-refractivity contribution < 1.29 is 37.5 Å². The third kappa shape index (κ3) is 13.5. The smallest absolute Gasteiger partial charge is 0.438 e. The fourth-order valence-corrected chi connectivity index (χ4v) is 4.03. The summed E-state index contributed by atoms with van der Waals surface area (Å²) in [7, 11) is -4.20. The number of hydrogen-bond donors (Lipinski definition) is 0. The molecule has 0 fully saturated rings. The molecule has 0 spiro atoms. The van der Waals surface area contributed by atoms with Crippen LogP contribution in [-0.2, 0) is 32.7 Å². The highest BCUT2D eigenvalue weighted by Gasteiger charge is 2.37. The van der Waals surface area contributed by atoms with Gasteiger partial charge in [0.25, 0.3) is 0 Å². The van der Waals surface area contributed by atoms with Crippen LogP contribution < -0.4 is 0 Å². The van der Waals surface area contributed by atoms with Crippen LogP contribution in [0.1, 0.15) is 20.8 Å². The third-order valence-corrected chi connectivity index (χ3v) is 6.09. The zero-order chi connectivity index (χ0) is 19.3. The molecule has 0 aliphatic rings. The first kappa shape index (κ1) is 24.7. The molecule has 0 aromatic rings. The van der Waals surface area contributed by atoms with Gasteiger partial charge < -0.3 is 4.74 Å². The largest absolute Gasteiger partial charge is 0.456 e. The Bertz CT molecular complexity index is 499. The van der Waals surface area contributed by atoms with Crippen LogP contribution in [0, 0.1) is 0 Å². The summed E-state index contributed by atoms with van der Waals surface area (Å²) in [5, 5.41) is -0.406. The number of ether oxygens (including phenoxy) is 1. The maximum atomic E-state index is 12.5. The van der Waals surface area contributed by atoms with Crippen LogP contribution in [-0.4, -0.2) is 58.1 Å². The molecule has 0 atom stereocenters. The summed E-state index contributed by atoms with van der Waals surface area (Å²) >= 11 is 2.88. The number of rotatable bonds is 12. The van der Waals surface area contributed by atoms with E-state index >= 15 is 0 Å². The molecule has 0 aromatic heterocycles. The zero-order valence-electron chi connectivity index (χ0n) is 14.2. The fraction of sp³-hybridized carbons (Fsp3) is 0.692. The first-order chi connectivity index (χ1) is 11.7. The highest BCUT2D eigenvalue weighted by Crippen LogP contribution is 2.50. The number of carbonyl (C=O) groups excluding carboxylic acids is 4. The van der Waals surface area contributed by atoms with Gasteiger partial charge in [0, 0.05) is 38.0 Å². The third-order valence-electron chi connectivity index (χ3n) is 2.14. The fourth-order valence-electron chi connectivity index (χ4n) is 1.22. The lowest BCUT2D eigenvalue weighted by atomic mass is 10.9. The minimum absolute atomic E-state index is 0.121. The molecule has 0 unspecified atom stereocenters. The van der Waals surface area contributed by atoms with Gasteiger partial charge in [-0.15, -0.1) is 0 Å². The summed E-state index contributed by atoms with van der Waals surface area (Å²) in [6.07, 6.45) is 0. The molecule has 0 aliphatic heterocycles. The SMILES string of the molecule is CC(=O)SCCOC(=O)P(=O)(OCCSC(C)=O)OCCSC(C)=O. The van der Waals surface area contributed by atoms with Crippen molar-refractivity contribution in [1.82, 2.24) is 0 Å². The van der Waals surface area contributed by atoms with Crippen LogP contribution in [0.5, 0.6) is 0 Å². The first-order valence-electron chi connectivity index (χ1n) is 7.14. The zero-order valence-corrected chi connectivity index (χ0v) is 17.5. The van der Waals surface area contributed by atoms with E-state index < -0.39 is 13.3 Å². The maximum Gasteiger partial charge on any atom is 0.438 e. The Hall–Kier alpha value is -0.320. The maximum absolute atomic E-state index is 12.5. The Balaban J connectivity index is 4.53. The summed E-state index contributed by atoms with van der Waals surface area (Å²) in [5.74, 6) is 0.637. The Morgan fingerprint density at radius 3 is 1.44 bits per heavy atom. The molecule has 0 rings (SSSR count). The van der Waals surface area contributed by atoms with Gasteiger partial charge in [-0.3, -0.25) is 23.4 Å². The minimum Gasteiger partial charge on any atom is -0.456 e. The van der Waals surface area contributed by atoms with Crippen molar-refractivity contribution >= 4 is 63.9 Å². The number of carbonyl (C=O) groups is 4. The summed E-state index contributed by atoms with van der Waals surface area (Å²) in [6, 6.07) is 0. The summed E-state index contributed by atoms with van der Waals surface area (Å²) in [6.45, 7) is 3.73. The lowest BCUT2D eigenvalue weighted by Crippen LogP contribution is -2.13. The average molecular weight is 432 g/mol. The Kier molecular flexibility index (Phi) is 13.7. The number of thioether (sulfide) groups is 3. The lowest BCUT2D eigenvalue weighted by molar-refractivity contribution is -0.109. The molecule has 144 valence electrons. The second kappa shape index (κ2) is 13.8. The summed E-state index contributed by atoms with van der Waals surface area (Å²) in [4.78, 5) is 44.5. The monoisotopic (exact) mass is 432 g/mol. The van der Waals surface area contributed by atoms with Crippen molar-refractivity contribution in [3.05, 3.63) is 0 Å².